The molecule has 0 atom stereocenters. The third kappa shape index (κ3) is 3.23. The number of halogens is 4. The van der Waals surface area contributed by atoms with Gasteiger partial charge in [-0.25, -0.2) is 0 Å². The number of carbonyl (C=O) groups excluding carboxylic acids is 1. The fourth-order valence-corrected chi connectivity index (χ4v) is 2.06. The molecule has 0 aliphatic carbocycles. The second kappa shape index (κ2) is 5.71. The Morgan fingerprint density at radius 2 is 2.06 bits per heavy atom. The van der Waals surface area contributed by atoms with Crippen molar-refractivity contribution >= 4 is 21.7 Å². The number of ketones is 1. The number of rotatable bonds is 4. The van der Waals surface area contributed by atoms with E-state index in [1.807, 2.05) is 0 Å². The Morgan fingerprint density at radius 3 is 2.50 bits per heavy atom. The average Bonchev–Trinajstić information content (AvgIpc) is 2.27. The third-order valence-electron chi connectivity index (χ3n) is 2.25. The average molecular weight is 326 g/mol. The summed E-state index contributed by atoms with van der Waals surface area (Å²) in [6.45, 7) is 0.0653. The number of carbonyl (C=O) groups is 1. The van der Waals surface area contributed by atoms with Gasteiger partial charge in [-0.05, 0) is 34.6 Å². The summed E-state index contributed by atoms with van der Waals surface area (Å²) in [5, 5.41) is 0. The van der Waals surface area contributed by atoms with Gasteiger partial charge in [-0.15, -0.1) is 0 Å². The number of alkyl halides is 3. The predicted octanol–water partition coefficient (Wildman–Crippen LogP) is 3.01. The van der Waals surface area contributed by atoms with Crippen molar-refractivity contribution in [2.75, 3.05) is 13.7 Å². The number of Topliss-reactive ketones (excluding diaryl/α,β-unsaturated/α-hetero) is 1. The molecule has 3 nitrogen and oxygen atoms in total. The molecule has 0 radical (unpaired) electrons. The van der Waals surface area contributed by atoms with Crippen LogP contribution in [-0.2, 0) is 6.18 Å². The van der Waals surface area contributed by atoms with Crippen LogP contribution in [0, 0.1) is 0 Å². The Bertz CT molecular complexity index is 460. The van der Waals surface area contributed by atoms with Crippen LogP contribution in [0.3, 0.4) is 0 Å². The molecule has 7 heteroatoms. The molecular formula is C11H11BrF3NO2. The van der Waals surface area contributed by atoms with Crippen molar-refractivity contribution < 1.29 is 22.7 Å². The Morgan fingerprint density at radius 1 is 1.44 bits per heavy atom. The van der Waals surface area contributed by atoms with Gasteiger partial charge in [0.1, 0.15) is 5.75 Å². The maximum absolute atomic E-state index is 12.6. The number of ether oxygens (including phenoxy) is 1. The lowest BCUT2D eigenvalue weighted by Crippen LogP contribution is -2.12. The highest BCUT2D eigenvalue weighted by atomic mass is 79.9. The lowest BCUT2D eigenvalue weighted by molar-refractivity contribution is -0.137. The van der Waals surface area contributed by atoms with Gasteiger partial charge in [-0.1, -0.05) is 0 Å². The van der Waals surface area contributed by atoms with E-state index in [9.17, 15) is 18.0 Å². The first kappa shape index (κ1) is 15.0. The minimum atomic E-state index is -4.52. The third-order valence-corrected chi connectivity index (χ3v) is 2.84. The topological polar surface area (TPSA) is 52.3 Å². The van der Waals surface area contributed by atoms with Crippen molar-refractivity contribution in [1.82, 2.24) is 0 Å². The molecule has 0 amide bonds. The van der Waals surface area contributed by atoms with Crippen molar-refractivity contribution in [3.63, 3.8) is 0 Å². The van der Waals surface area contributed by atoms with Crippen LogP contribution in [0.15, 0.2) is 16.6 Å². The zero-order valence-electron chi connectivity index (χ0n) is 9.47. The van der Waals surface area contributed by atoms with Crippen LogP contribution >= 0.6 is 15.9 Å². The lowest BCUT2D eigenvalue weighted by Gasteiger charge is -2.14. The molecule has 2 N–H and O–H groups in total. The summed E-state index contributed by atoms with van der Waals surface area (Å²) in [4.78, 5) is 11.7. The highest BCUT2D eigenvalue weighted by Gasteiger charge is 2.33. The van der Waals surface area contributed by atoms with Crippen LogP contribution in [0.25, 0.3) is 0 Å². The van der Waals surface area contributed by atoms with E-state index in [2.05, 4.69) is 15.9 Å². The normalized spacial score (nSPS) is 11.4. The van der Waals surface area contributed by atoms with Gasteiger partial charge in [0.15, 0.2) is 5.78 Å². The lowest BCUT2D eigenvalue weighted by atomic mass is 10.0. The zero-order chi connectivity index (χ0) is 13.9. The van der Waals surface area contributed by atoms with Crippen molar-refractivity contribution in [3.8, 4) is 5.75 Å². The number of benzene rings is 1. The van der Waals surface area contributed by atoms with E-state index in [0.29, 0.717) is 0 Å². The van der Waals surface area contributed by atoms with Crippen molar-refractivity contribution in [2.24, 2.45) is 5.73 Å². The SMILES string of the molecule is COc1c(Br)cc(C(F)(F)F)cc1C(=O)CCN. The van der Waals surface area contributed by atoms with Gasteiger partial charge in [0.2, 0.25) is 0 Å². The number of nitrogens with two attached hydrogens (primary N) is 1. The minimum absolute atomic E-state index is 0.0376. The molecule has 0 heterocycles. The molecule has 100 valence electrons. The van der Waals surface area contributed by atoms with Gasteiger partial charge in [0, 0.05) is 6.42 Å². The maximum Gasteiger partial charge on any atom is 0.416 e. The van der Waals surface area contributed by atoms with Crippen LogP contribution in [0.2, 0.25) is 0 Å². The monoisotopic (exact) mass is 325 g/mol. The predicted molar refractivity (Wildman–Crippen MR) is 63.7 cm³/mol. The summed E-state index contributed by atoms with van der Waals surface area (Å²) in [5.41, 5.74) is 4.20. The molecule has 1 aromatic rings. The summed E-state index contributed by atoms with van der Waals surface area (Å²) < 4.78 is 42.9. The Hall–Kier alpha value is -1.08. The second-order valence-corrected chi connectivity index (χ2v) is 4.35. The molecule has 0 aliphatic heterocycles. The van der Waals surface area contributed by atoms with Crippen LogP contribution in [0.1, 0.15) is 22.3 Å². The van der Waals surface area contributed by atoms with E-state index in [-0.39, 0.29) is 28.8 Å². The molecule has 0 aromatic heterocycles. The Kier molecular flexibility index (Phi) is 4.75. The standard InChI is InChI=1S/C11H11BrF3NO2/c1-18-10-7(9(17)2-3-16)4-6(5-8(10)12)11(13,14)15/h4-5H,2-3,16H2,1H3. The van der Waals surface area contributed by atoms with Gasteiger partial charge < -0.3 is 10.5 Å². The molecule has 0 fully saturated rings. The molecule has 0 bridgehead atoms. The van der Waals surface area contributed by atoms with Gasteiger partial charge in [-0.3, -0.25) is 4.79 Å². The molecule has 1 aromatic carbocycles. The molecule has 0 saturated carbocycles. The van der Waals surface area contributed by atoms with Gasteiger partial charge in [0.25, 0.3) is 0 Å². The highest BCUT2D eigenvalue weighted by molar-refractivity contribution is 9.10. The van der Waals surface area contributed by atoms with Gasteiger partial charge in [-0.2, -0.15) is 13.2 Å². The summed E-state index contributed by atoms with van der Waals surface area (Å²) in [6.07, 6.45) is -4.56. The zero-order valence-corrected chi connectivity index (χ0v) is 11.1. The van der Waals surface area contributed by atoms with Crippen molar-refractivity contribution in [2.45, 2.75) is 12.6 Å². The van der Waals surface area contributed by atoms with E-state index in [0.717, 1.165) is 12.1 Å². The quantitative estimate of drug-likeness (QED) is 0.866. The van der Waals surface area contributed by atoms with E-state index in [4.69, 9.17) is 10.5 Å². The van der Waals surface area contributed by atoms with Crippen molar-refractivity contribution in [3.05, 3.63) is 27.7 Å². The summed E-state index contributed by atoms with van der Waals surface area (Å²) in [6, 6.07) is 1.65. The highest BCUT2D eigenvalue weighted by Crippen LogP contribution is 2.37. The van der Waals surface area contributed by atoms with Gasteiger partial charge >= 0.3 is 6.18 Å². The number of hydrogen-bond acceptors (Lipinski definition) is 3. The van der Waals surface area contributed by atoms with E-state index >= 15 is 0 Å². The largest absolute Gasteiger partial charge is 0.495 e. The number of methoxy groups -OCH3 is 1. The van der Waals surface area contributed by atoms with Gasteiger partial charge in [0.05, 0.1) is 22.7 Å². The maximum atomic E-state index is 12.6. The molecule has 0 aliphatic rings. The summed E-state index contributed by atoms with van der Waals surface area (Å²) in [7, 11) is 1.28. The molecular weight excluding hydrogens is 315 g/mol. The molecule has 18 heavy (non-hydrogen) atoms. The van der Waals surface area contributed by atoms with Crippen LogP contribution in [0.5, 0.6) is 5.75 Å². The fraction of sp³-hybridized carbons (Fsp3) is 0.364. The first-order valence-electron chi connectivity index (χ1n) is 4.99. The van der Waals surface area contributed by atoms with Crippen LogP contribution < -0.4 is 10.5 Å². The van der Waals surface area contributed by atoms with Crippen LogP contribution in [-0.4, -0.2) is 19.4 Å². The van der Waals surface area contributed by atoms with E-state index in [1.54, 1.807) is 0 Å². The minimum Gasteiger partial charge on any atom is -0.495 e. The van der Waals surface area contributed by atoms with Crippen molar-refractivity contribution in [1.29, 1.82) is 0 Å². The van der Waals surface area contributed by atoms with E-state index < -0.39 is 17.5 Å². The summed E-state index contributed by atoms with van der Waals surface area (Å²) >= 11 is 2.96. The summed E-state index contributed by atoms with van der Waals surface area (Å²) in [5.74, 6) is -0.400. The Labute approximate surface area is 110 Å². The second-order valence-electron chi connectivity index (χ2n) is 3.50. The first-order valence-corrected chi connectivity index (χ1v) is 5.78. The Balaban J connectivity index is 3.37. The molecule has 0 spiro atoms. The number of hydrogen-bond donors (Lipinski definition) is 1. The van der Waals surface area contributed by atoms with Crippen LogP contribution in [0.4, 0.5) is 13.2 Å². The van der Waals surface area contributed by atoms with E-state index in [1.165, 1.54) is 7.11 Å². The molecule has 1 rings (SSSR count). The fourth-order valence-electron chi connectivity index (χ4n) is 1.44. The molecule has 0 saturated heterocycles. The smallest absolute Gasteiger partial charge is 0.416 e. The molecule has 0 unspecified atom stereocenters. The first-order chi connectivity index (χ1) is 8.31.